The van der Waals surface area contributed by atoms with E-state index >= 15 is 0 Å². The molecule has 4 rings (SSSR count). The molecule has 0 atom stereocenters. The topological polar surface area (TPSA) is 86.2 Å². The molecule has 1 aliphatic heterocycles. The van der Waals surface area contributed by atoms with Gasteiger partial charge in [-0.3, -0.25) is 4.90 Å². The van der Waals surface area contributed by atoms with Gasteiger partial charge in [-0.05, 0) is 37.6 Å². The zero-order chi connectivity index (χ0) is 25.5. The second kappa shape index (κ2) is 12.2. The van der Waals surface area contributed by atoms with Crippen LogP contribution in [0.1, 0.15) is 13.3 Å². The minimum Gasteiger partial charge on any atom is -0.493 e. The lowest BCUT2D eigenvalue weighted by molar-refractivity contribution is 0.0357. The summed E-state index contributed by atoms with van der Waals surface area (Å²) in [5, 5.41) is 0.390. The molecule has 0 saturated carbocycles. The molecule has 0 N–H and O–H groups in total. The van der Waals surface area contributed by atoms with Crippen molar-refractivity contribution in [3.8, 4) is 11.5 Å². The molecule has 36 heavy (non-hydrogen) atoms. The predicted octanol–water partition coefficient (Wildman–Crippen LogP) is 4.83. The van der Waals surface area contributed by atoms with Crippen molar-refractivity contribution in [3.63, 3.8) is 0 Å². The monoisotopic (exact) mass is 518 g/mol. The minimum absolute atomic E-state index is 0.133. The SMILES string of the molecule is CCOC(=O)N(c1ccc(F)c(Cl)c1)c1ncnc2cc(OC)c(OCCCN3CCOCC3)cc12. The highest BCUT2D eigenvalue weighted by Gasteiger charge is 2.25. The zero-order valence-electron chi connectivity index (χ0n) is 20.2. The summed E-state index contributed by atoms with van der Waals surface area (Å²) in [6, 6.07) is 7.40. The van der Waals surface area contributed by atoms with Gasteiger partial charge in [-0.1, -0.05) is 11.6 Å². The van der Waals surface area contributed by atoms with Gasteiger partial charge in [0.2, 0.25) is 0 Å². The van der Waals surface area contributed by atoms with Gasteiger partial charge in [0.1, 0.15) is 12.1 Å². The number of anilines is 2. The fraction of sp³-hybridized carbons (Fsp3) is 0.400. The first kappa shape index (κ1) is 25.9. The number of benzene rings is 2. The lowest BCUT2D eigenvalue weighted by Gasteiger charge is -2.26. The Hall–Kier alpha value is -3.21. The maximum Gasteiger partial charge on any atom is 0.420 e. The van der Waals surface area contributed by atoms with Crippen LogP contribution in [0.3, 0.4) is 0 Å². The normalized spacial score (nSPS) is 14.0. The Labute approximate surface area is 213 Å². The van der Waals surface area contributed by atoms with E-state index in [2.05, 4.69) is 14.9 Å². The molecule has 0 aliphatic carbocycles. The van der Waals surface area contributed by atoms with E-state index in [4.69, 9.17) is 30.5 Å². The number of aromatic nitrogens is 2. The second-order valence-electron chi connectivity index (χ2n) is 8.01. The summed E-state index contributed by atoms with van der Waals surface area (Å²) in [6.45, 7) is 6.52. The summed E-state index contributed by atoms with van der Waals surface area (Å²) in [7, 11) is 1.55. The number of carbonyl (C=O) groups excluding carboxylic acids is 1. The van der Waals surface area contributed by atoms with E-state index in [1.165, 1.54) is 29.4 Å². The van der Waals surface area contributed by atoms with Crippen LogP contribution in [0.2, 0.25) is 5.02 Å². The number of methoxy groups -OCH3 is 1. The standard InChI is InChI=1S/C25H28ClFN4O5/c1-3-35-25(32)31(17-5-6-20(27)19(26)13-17)24-18-14-23(22(33-2)15-21(18)28-16-29-24)36-10-4-7-30-8-11-34-12-9-30/h5-6,13-16H,3-4,7-12H2,1-2H3. The minimum atomic E-state index is -0.691. The van der Waals surface area contributed by atoms with Crippen LogP contribution in [-0.4, -0.2) is 74.1 Å². The lowest BCUT2D eigenvalue weighted by Crippen LogP contribution is -2.37. The molecule has 1 aromatic heterocycles. The third kappa shape index (κ3) is 5.95. The van der Waals surface area contributed by atoms with Gasteiger partial charge in [0.15, 0.2) is 17.3 Å². The Balaban J connectivity index is 1.66. The Bertz CT molecular complexity index is 1210. The largest absolute Gasteiger partial charge is 0.493 e. The van der Waals surface area contributed by atoms with Gasteiger partial charge in [0.25, 0.3) is 0 Å². The van der Waals surface area contributed by atoms with Gasteiger partial charge in [-0.15, -0.1) is 0 Å². The summed E-state index contributed by atoms with van der Waals surface area (Å²) in [4.78, 5) is 25.2. The van der Waals surface area contributed by atoms with Gasteiger partial charge in [0, 0.05) is 31.1 Å². The average Bonchev–Trinajstić information content (AvgIpc) is 2.89. The average molecular weight is 519 g/mol. The van der Waals surface area contributed by atoms with Crippen LogP contribution in [0.15, 0.2) is 36.7 Å². The lowest BCUT2D eigenvalue weighted by atomic mass is 10.2. The highest BCUT2D eigenvalue weighted by Crippen LogP contribution is 2.38. The van der Waals surface area contributed by atoms with Crippen LogP contribution in [0.25, 0.3) is 10.9 Å². The third-order valence-electron chi connectivity index (χ3n) is 5.70. The van der Waals surface area contributed by atoms with E-state index < -0.39 is 11.9 Å². The molecule has 0 bridgehead atoms. The number of carbonyl (C=O) groups is 1. The molecule has 1 saturated heterocycles. The van der Waals surface area contributed by atoms with Crippen LogP contribution in [-0.2, 0) is 9.47 Å². The molecular formula is C25H28ClFN4O5. The molecule has 11 heteroatoms. The van der Waals surface area contributed by atoms with E-state index in [1.54, 1.807) is 26.2 Å². The van der Waals surface area contributed by atoms with Crippen LogP contribution < -0.4 is 14.4 Å². The maximum atomic E-state index is 13.8. The second-order valence-corrected chi connectivity index (χ2v) is 8.41. The molecule has 1 fully saturated rings. The number of morpholine rings is 1. The number of ether oxygens (including phenoxy) is 4. The number of fused-ring (bicyclic) bond motifs is 1. The third-order valence-corrected chi connectivity index (χ3v) is 5.99. The Kier molecular flexibility index (Phi) is 8.74. The van der Waals surface area contributed by atoms with Crippen molar-refractivity contribution in [1.29, 1.82) is 0 Å². The first-order valence-electron chi connectivity index (χ1n) is 11.7. The van der Waals surface area contributed by atoms with Gasteiger partial charge in [-0.25, -0.2) is 24.1 Å². The fourth-order valence-electron chi connectivity index (χ4n) is 3.92. The Morgan fingerprint density at radius 1 is 1.19 bits per heavy atom. The van der Waals surface area contributed by atoms with Crippen molar-refractivity contribution < 1.29 is 28.1 Å². The first-order valence-corrected chi connectivity index (χ1v) is 12.1. The molecule has 0 unspecified atom stereocenters. The van der Waals surface area contributed by atoms with Crippen molar-refractivity contribution in [3.05, 3.63) is 47.5 Å². The highest BCUT2D eigenvalue weighted by molar-refractivity contribution is 6.31. The van der Waals surface area contributed by atoms with Gasteiger partial charge in [0.05, 0.1) is 49.8 Å². The first-order chi connectivity index (χ1) is 17.5. The Morgan fingerprint density at radius 3 is 2.72 bits per heavy atom. The molecule has 2 aromatic carbocycles. The van der Waals surface area contributed by atoms with E-state index in [-0.39, 0.29) is 17.4 Å². The predicted molar refractivity (Wildman–Crippen MR) is 134 cm³/mol. The molecule has 1 amide bonds. The number of hydrogen-bond donors (Lipinski definition) is 0. The molecule has 3 aromatic rings. The molecule has 0 spiro atoms. The summed E-state index contributed by atoms with van der Waals surface area (Å²) >= 11 is 6.00. The van der Waals surface area contributed by atoms with Crippen LogP contribution >= 0.6 is 11.6 Å². The number of hydrogen-bond acceptors (Lipinski definition) is 8. The van der Waals surface area contributed by atoms with E-state index in [0.29, 0.717) is 34.7 Å². The molecule has 1 aliphatic rings. The summed E-state index contributed by atoms with van der Waals surface area (Å²) in [5.41, 5.74) is 0.823. The highest BCUT2D eigenvalue weighted by atomic mass is 35.5. The van der Waals surface area contributed by atoms with Crippen LogP contribution in [0, 0.1) is 5.82 Å². The van der Waals surface area contributed by atoms with Crippen molar-refractivity contribution in [2.24, 2.45) is 0 Å². The smallest absolute Gasteiger partial charge is 0.420 e. The van der Waals surface area contributed by atoms with E-state index in [9.17, 15) is 9.18 Å². The van der Waals surface area contributed by atoms with Crippen LogP contribution in [0.4, 0.5) is 20.7 Å². The van der Waals surface area contributed by atoms with Crippen molar-refractivity contribution in [2.45, 2.75) is 13.3 Å². The fourth-order valence-corrected chi connectivity index (χ4v) is 4.10. The van der Waals surface area contributed by atoms with Crippen molar-refractivity contribution in [1.82, 2.24) is 14.9 Å². The number of amides is 1. The summed E-state index contributed by atoms with van der Waals surface area (Å²) in [5.74, 6) is 0.631. The van der Waals surface area contributed by atoms with Crippen molar-refractivity contribution >= 4 is 40.1 Å². The summed E-state index contributed by atoms with van der Waals surface area (Å²) < 4.78 is 36.1. The maximum absolute atomic E-state index is 13.8. The van der Waals surface area contributed by atoms with Crippen molar-refractivity contribution in [2.75, 3.05) is 58.1 Å². The molecule has 9 nitrogen and oxygen atoms in total. The Morgan fingerprint density at radius 2 is 2.00 bits per heavy atom. The van der Waals surface area contributed by atoms with Gasteiger partial charge in [-0.2, -0.15) is 0 Å². The molecule has 192 valence electrons. The number of rotatable bonds is 9. The van der Waals surface area contributed by atoms with Crippen LogP contribution in [0.5, 0.6) is 11.5 Å². The molecular weight excluding hydrogens is 491 g/mol. The van der Waals surface area contributed by atoms with E-state index in [1.807, 2.05) is 0 Å². The van der Waals surface area contributed by atoms with Gasteiger partial charge >= 0.3 is 6.09 Å². The quantitative estimate of drug-likeness (QED) is 0.372. The van der Waals surface area contributed by atoms with Gasteiger partial charge < -0.3 is 18.9 Å². The summed E-state index contributed by atoms with van der Waals surface area (Å²) in [6.07, 6.45) is 1.46. The van der Waals surface area contributed by atoms with E-state index in [0.717, 1.165) is 39.3 Å². The number of nitrogens with zero attached hydrogens (tertiary/aromatic N) is 4. The molecule has 2 heterocycles. The molecule has 0 radical (unpaired) electrons. The zero-order valence-corrected chi connectivity index (χ0v) is 21.0. The number of halogens is 2.